The number of amides is 2. The first-order chi connectivity index (χ1) is 18.2. The zero-order valence-electron chi connectivity index (χ0n) is 19.8. The summed E-state index contributed by atoms with van der Waals surface area (Å²) in [5.41, 5.74) is 3.23. The Hall–Kier alpha value is -4.31. The molecule has 1 saturated heterocycles. The van der Waals surface area contributed by atoms with E-state index in [0.717, 1.165) is 29.9 Å². The monoisotopic (exact) mass is 513 g/mol. The molecule has 0 saturated carbocycles. The van der Waals surface area contributed by atoms with Crippen LogP contribution in [-0.4, -0.2) is 45.7 Å². The van der Waals surface area contributed by atoms with Crippen molar-refractivity contribution in [3.8, 4) is 28.6 Å². The van der Waals surface area contributed by atoms with E-state index in [4.69, 9.17) is 9.47 Å². The summed E-state index contributed by atoms with van der Waals surface area (Å²) in [4.78, 5) is 26.5. The van der Waals surface area contributed by atoms with Gasteiger partial charge in [-0.05, 0) is 61.0 Å². The minimum atomic E-state index is -0.165. The van der Waals surface area contributed by atoms with E-state index in [2.05, 4.69) is 15.5 Å². The van der Waals surface area contributed by atoms with E-state index in [-0.39, 0.29) is 24.4 Å². The molecule has 37 heavy (non-hydrogen) atoms. The van der Waals surface area contributed by atoms with Gasteiger partial charge in [0.25, 0.3) is 0 Å². The van der Waals surface area contributed by atoms with Crippen LogP contribution in [0.5, 0.6) is 11.5 Å². The number of hydrogen-bond acceptors (Lipinski definition) is 7. The average Bonchev–Trinajstić information content (AvgIpc) is 3.67. The lowest BCUT2D eigenvalue weighted by Gasteiger charge is -2.16. The summed E-state index contributed by atoms with van der Waals surface area (Å²) in [6.45, 7) is 0.928. The van der Waals surface area contributed by atoms with Crippen molar-refractivity contribution in [2.24, 2.45) is 0 Å². The number of thioether (sulfide) groups is 1. The van der Waals surface area contributed by atoms with Gasteiger partial charge in [-0.1, -0.05) is 30.0 Å². The summed E-state index contributed by atoms with van der Waals surface area (Å²) in [5.74, 6) is 2.12. The number of ether oxygens (including phenoxy) is 2. The van der Waals surface area contributed by atoms with Crippen molar-refractivity contribution in [1.82, 2.24) is 14.8 Å². The van der Waals surface area contributed by atoms with Crippen LogP contribution < -0.4 is 19.7 Å². The van der Waals surface area contributed by atoms with Gasteiger partial charge in [-0.25, -0.2) is 0 Å². The summed E-state index contributed by atoms with van der Waals surface area (Å²) in [5, 5.41) is 12.3. The molecular weight excluding hydrogens is 490 g/mol. The lowest BCUT2D eigenvalue weighted by molar-refractivity contribution is -0.117. The van der Waals surface area contributed by atoms with Crippen molar-refractivity contribution < 1.29 is 19.1 Å². The number of carbonyl (C=O) groups excluding carboxylic acids is 2. The molecule has 2 amide bonds. The second-order valence-corrected chi connectivity index (χ2v) is 9.52. The van der Waals surface area contributed by atoms with Gasteiger partial charge >= 0.3 is 0 Å². The summed E-state index contributed by atoms with van der Waals surface area (Å²) in [7, 11) is 0. The van der Waals surface area contributed by atoms with E-state index in [1.165, 1.54) is 11.8 Å². The summed E-state index contributed by atoms with van der Waals surface area (Å²) in [6.07, 6.45) is 1.46. The number of anilines is 2. The number of para-hydroxylation sites is 1. The molecule has 0 aliphatic carbocycles. The molecule has 1 fully saturated rings. The maximum absolute atomic E-state index is 12.7. The number of hydrogen-bond donors (Lipinski definition) is 1. The number of benzene rings is 3. The van der Waals surface area contributed by atoms with E-state index < -0.39 is 0 Å². The van der Waals surface area contributed by atoms with Crippen molar-refractivity contribution in [3.63, 3.8) is 0 Å². The first-order valence-corrected chi connectivity index (χ1v) is 12.9. The van der Waals surface area contributed by atoms with Crippen LogP contribution in [0.25, 0.3) is 17.1 Å². The topological polar surface area (TPSA) is 98.6 Å². The number of nitrogens with one attached hydrogen (secondary N) is 1. The second kappa shape index (κ2) is 9.98. The molecular formula is C27H23N5O4S. The molecule has 3 heterocycles. The molecule has 3 aromatic carbocycles. The van der Waals surface area contributed by atoms with E-state index in [1.54, 1.807) is 4.90 Å². The van der Waals surface area contributed by atoms with Crippen LogP contribution in [0.1, 0.15) is 12.8 Å². The molecule has 0 spiro atoms. The fraction of sp³-hybridized carbons (Fsp3) is 0.185. The van der Waals surface area contributed by atoms with Gasteiger partial charge < -0.3 is 19.7 Å². The third kappa shape index (κ3) is 4.75. The molecule has 1 N–H and O–H groups in total. The van der Waals surface area contributed by atoms with Crippen molar-refractivity contribution in [2.45, 2.75) is 18.0 Å². The van der Waals surface area contributed by atoms with Gasteiger partial charge in [-0.3, -0.25) is 14.2 Å². The van der Waals surface area contributed by atoms with E-state index in [1.807, 2.05) is 77.4 Å². The SMILES string of the molecule is O=C(CSc1nnc(-c2ccc3c(c2)OCO3)n1-c1ccccc1)Nc1ccc(N2CCCC2=O)cc1. The number of rotatable bonds is 7. The van der Waals surface area contributed by atoms with Crippen molar-refractivity contribution in [3.05, 3.63) is 72.8 Å². The minimum absolute atomic E-state index is 0.135. The zero-order valence-corrected chi connectivity index (χ0v) is 20.6. The Morgan fingerprint density at radius 1 is 0.946 bits per heavy atom. The third-order valence-electron chi connectivity index (χ3n) is 6.15. The van der Waals surface area contributed by atoms with E-state index >= 15 is 0 Å². The smallest absolute Gasteiger partial charge is 0.234 e. The largest absolute Gasteiger partial charge is 0.454 e. The quantitative estimate of drug-likeness (QED) is 0.363. The fourth-order valence-electron chi connectivity index (χ4n) is 4.37. The lowest BCUT2D eigenvalue weighted by atomic mass is 10.2. The molecule has 0 radical (unpaired) electrons. The van der Waals surface area contributed by atoms with Gasteiger partial charge in [0, 0.05) is 35.6 Å². The molecule has 2 aliphatic rings. The maximum Gasteiger partial charge on any atom is 0.234 e. The van der Waals surface area contributed by atoms with E-state index in [0.29, 0.717) is 34.6 Å². The highest BCUT2D eigenvalue weighted by molar-refractivity contribution is 7.99. The highest BCUT2D eigenvalue weighted by atomic mass is 32.2. The molecule has 2 aliphatic heterocycles. The highest BCUT2D eigenvalue weighted by Crippen LogP contribution is 2.37. The Balaban J connectivity index is 1.18. The van der Waals surface area contributed by atoms with Crippen molar-refractivity contribution in [1.29, 1.82) is 0 Å². The van der Waals surface area contributed by atoms with Crippen LogP contribution in [0, 0.1) is 0 Å². The summed E-state index contributed by atoms with van der Waals surface area (Å²) >= 11 is 1.30. The van der Waals surface area contributed by atoms with Gasteiger partial charge in [0.2, 0.25) is 18.6 Å². The Morgan fingerprint density at radius 2 is 1.76 bits per heavy atom. The zero-order chi connectivity index (χ0) is 25.2. The first kappa shape index (κ1) is 23.1. The van der Waals surface area contributed by atoms with Crippen LogP contribution in [-0.2, 0) is 9.59 Å². The van der Waals surface area contributed by atoms with E-state index in [9.17, 15) is 9.59 Å². The Bertz CT molecular complexity index is 1460. The average molecular weight is 514 g/mol. The van der Waals surface area contributed by atoms with Crippen LogP contribution in [0.3, 0.4) is 0 Å². The van der Waals surface area contributed by atoms with Crippen LogP contribution >= 0.6 is 11.8 Å². The molecule has 0 bridgehead atoms. The molecule has 1 aromatic heterocycles. The number of aromatic nitrogens is 3. The number of fused-ring (bicyclic) bond motifs is 1. The Morgan fingerprint density at radius 3 is 2.54 bits per heavy atom. The predicted octanol–water partition coefficient (Wildman–Crippen LogP) is 4.52. The van der Waals surface area contributed by atoms with Gasteiger partial charge in [0.15, 0.2) is 22.5 Å². The van der Waals surface area contributed by atoms with Crippen molar-refractivity contribution in [2.75, 3.05) is 29.3 Å². The molecule has 9 nitrogen and oxygen atoms in total. The third-order valence-corrected chi connectivity index (χ3v) is 7.08. The normalized spacial score (nSPS) is 14.3. The Labute approximate surface area is 217 Å². The van der Waals surface area contributed by atoms with Gasteiger partial charge in [0.1, 0.15) is 0 Å². The molecule has 0 unspecified atom stereocenters. The molecule has 186 valence electrons. The standard InChI is InChI=1S/C27H23N5O4S/c33-24(28-19-9-11-20(12-10-19)31-14-4-7-25(31)34)16-37-27-30-29-26(32(27)21-5-2-1-3-6-21)18-8-13-22-23(15-18)36-17-35-22/h1-3,5-6,8-13,15H,4,7,14,16-17H2,(H,28,33). The summed E-state index contributed by atoms with van der Waals surface area (Å²) in [6, 6.07) is 22.8. The summed E-state index contributed by atoms with van der Waals surface area (Å²) < 4.78 is 12.9. The molecule has 4 aromatic rings. The van der Waals surface area contributed by atoms with Gasteiger partial charge in [-0.15, -0.1) is 10.2 Å². The molecule has 10 heteroatoms. The second-order valence-electron chi connectivity index (χ2n) is 8.58. The first-order valence-electron chi connectivity index (χ1n) is 11.9. The van der Waals surface area contributed by atoms with Gasteiger partial charge in [0.05, 0.1) is 5.75 Å². The highest BCUT2D eigenvalue weighted by Gasteiger charge is 2.22. The van der Waals surface area contributed by atoms with Gasteiger partial charge in [-0.2, -0.15) is 0 Å². The number of nitrogens with zero attached hydrogens (tertiary/aromatic N) is 4. The maximum atomic E-state index is 12.7. The molecule has 0 atom stereocenters. The lowest BCUT2D eigenvalue weighted by Crippen LogP contribution is -2.23. The van der Waals surface area contributed by atoms with Crippen molar-refractivity contribution >= 4 is 35.0 Å². The van der Waals surface area contributed by atoms with Crippen LogP contribution in [0.4, 0.5) is 11.4 Å². The van der Waals surface area contributed by atoms with Crippen LogP contribution in [0.2, 0.25) is 0 Å². The predicted molar refractivity (Wildman–Crippen MR) is 140 cm³/mol. The molecule has 6 rings (SSSR count). The van der Waals surface area contributed by atoms with Crippen LogP contribution in [0.15, 0.2) is 78.0 Å². The Kier molecular flexibility index (Phi) is 6.23. The number of carbonyl (C=O) groups is 2. The minimum Gasteiger partial charge on any atom is -0.454 e. The fourth-order valence-corrected chi connectivity index (χ4v) is 5.12.